The summed E-state index contributed by atoms with van der Waals surface area (Å²) in [5.41, 5.74) is 3.54. The molecule has 2 heterocycles. The zero-order chi connectivity index (χ0) is 17.6. The highest BCUT2D eigenvalue weighted by molar-refractivity contribution is 5.22. The number of likely N-dealkylation sites (tertiary alicyclic amines) is 1. The number of aromatic nitrogens is 1. The van der Waals surface area contributed by atoms with Gasteiger partial charge < -0.3 is 14.0 Å². The monoisotopic (exact) mass is 344 g/mol. The van der Waals surface area contributed by atoms with Crippen LogP contribution in [-0.2, 0) is 22.4 Å². The third-order valence-corrected chi connectivity index (χ3v) is 5.05. The van der Waals surface area contributed by atoms with Crippen LogP contribution in [0.1, 0.15) is 29.0 Å². The normalized spacial score (nSPS) is 21.1. The van der Waals surface area contributed by atoms with Crippen molar-refractivity contribution in [2.45, 2.75) is 45.4 Å². The Balaban J connectivity index is 1.73. The summed E-state index contributed by atoms with van der Waals surface area (Å²) < 4.78 is 16.6. The lowest BCUT2D eigenvalue weighted by molar-refractivity contribution is -0.00136. The molecule has 0 amide bonds. The van der Waals surface area contributed by atoms with E-state index in [9.17, 15) is 0 Å². The van der Waals surface area contributed by atoms with Crippen molar-refractivity contribution in [3.05, 3.63) is 52.9 Å². The van der Waals surface area contributed by atoms with E-state index >= 15 is 0 Å². The van der Waals surface area contributed by atoms with Gasteiger partial charge in [-0.3, -0.25) is 4.90 Å². The van der Waals surface area contributed by atoms with Crippen molar-refractivity contribution in [1.29, 1.82) is 0 Å². The van der Waals surface area contributed by atoms with Crippen molar-refractivity contribution in [2.75, 3.05) is 26.9 Å². The zero-order valence-corrected chi connectivity index (χ0v) is 15.4. The van der Waals surface area contributed by atoms with Crippen LogP contribution in [0.5, 0.6) is 0 Å². The second kappa shape index (κ2) is 8.61. The Morgan fingerprint density at radius 1 is 1.20 bits per heavy atom. The number of aryl methyl sites for hydroxylation is 2. The highest BCUT2D eigenvalue weighted by atomic mass is 16.5. The van der Waals surface area contributed by atoms with Gasteiger partial charge in [-0.1, -0.05) is 35.5 Å². The fourth-order valence-corrected chi connectivity index (χ4v) is 3.61. The number of hydrogen-bond acceptors (Lipinski definition) is 5. The molecule has 1 aliphatic rings. The first-order valence-corrected chi connectivity index (χ1v) is 8.99. The quantitative estimate of drug-likeness (QED) is 0.689. The SMILES string of the molecule is COCCO[C@@H]1CCN(Cc2c(C)noc2C)[C@H]1Cc1ccccc1. The Morgan fingerprint density at radius 2 is 2.00 bits per heavy atom. The molecule has 0 bridgehead atoms. The number of methoxy groups -OCH3 is 1. The van der Waals surface area contributed by atoms with E-state index in [4.69, 9.17) is 14.0 Å². The van der Waals surface area contributed by atoms with E-state index in [1.54, 1.807) is 7.11 Å². The van der Waals surface area contributed by atoms with Crippen LogP contribution in [0, 0.1) is 13.8 Å². The van der Waals surface area contributed by atoms with Crippen molar-refractivity contribution < 1.29 is 14.0 Å². The summed E-state index contributed by atoms with van der Waals surface area (Å²) in [6, 6.07) is 11.0. The summed E-state index contributed by atoms with van der Waals surface area (Å²) in [4.78, 5) is 2.51. The molecule has 1 saturated heterocycles. The predicted octanol–water partition coefficient (Wildman–Crippen LogP) is 3.14. The van der Waals surface area contributed by atoms with Gasteiger partial charge in [0.25, 0.3) is 0 Å². The first kappa shape index (κ1) is 18.1. The van der Waals surface area contributed by atoms with Gasteiger partial charge in [0.05, 0.1) is 25.0 Å². The lowest BCUT2D eigenvalue weighted by Crippen LogP contribution is -2.38. The zero-order valence-electron chi connectivity index (χ0n) is 15.4. The number of hydrogen-bond donors (Lipinski definition) is 0. The molecule has 3 rings (SSSR count). The molecule has 2 aromatic rings. The molecule has 2 atom stereocenters. The molecule has 0 unspecified atom stereocenters. The highest BCUT2D eigenvalue weighted by Crippen LogP contribution is 2.28. The van der Waals surface area contributed by atoms with Crippen molar-refractivity contribution in [2.24, 2.45) is 0 Å². The molecule has 0 aliphatic carbocycles. The van der Waals surface area contributed by atoms with Gasteiger partial charge >= 0.3 is 0 Å². The Kier molecular flexibility index (Phi) is 6.24. The van der Waals surface area contributed by atoms with Crippen LogP contribution in [0.4, 0.5) is 0 Å². The van der Waals surface area contributed by atoms with E-state index in [0.29, 0.717) is 19.3 Å². The second-order valence-corrected chi connectivity index (χ2v) is 6.72. The van der Waals surface area contributed by atoms with Crippen LogP contribution in [0.2, 0.25) is 0 Å². The van der Waals surface area contributed by atoms with E-state index in [-0.39, 0.29) is 6.10 Å². The molecule has 1 aromatic carbocycles. The first-order valence-electron chi connectivity index (χ1n) is 8.99. The van der Waals surface area contributed by atoms with E-state index in [2.05, 4.69) is 40.4 Å². The van der Waals surface area contributed by atoms with Gasteiger partial charge in [0, 0.05) is 31.8 Å². The molecule has 0 saturated carbocycles. The average Bonchev–Trinajstić information content (AvgIpc) is 3.14. The van der Waals surface area contributed by atoms with Crippen LogP contribution >= 0.6 is 0 Å². The molecule has 0 spiro atoms. The molecule has 1 aliphatic heterocycles. The predicted molar refractivity (Wildman–Crippen MR) is 96.6 cm³/mol. The Labute approximate surface area is 149 Å². The number of nitrogens with zero attached hydrogens (tertiary/aromatic N) is 2. The molecular weight excluding hydrogens is 316 g/mol. The number of benzene rings is 1. The molecule has 0 N–H and O–H groups in total. The fourth-order valence-electron chi connectivity index (χ4n) is 3.61. The highest BCUT2D eigenvalue weighted by Gasteiger charge is 2.35. The maximum absolute atomic E-state index is 6.13. The Bertz CT molecular complexity index is 637. The van der Waals surface area contributed by atoms with Gasteiger partial charge in [-0.2, -0.15) is 0 Å². The minimum absolute atomic E-state index is 0.232. The largest absolute Gasteiger partial charge is 0.382 e. The van der Waals surface area contributed by atoms with Gasteiger partial charge in [0.15, 0.2) is 0 Å². The topological polar surface area (TPSA) is 47.7 Å². The molecule has 136 valence electrons. The number of ether oxygens (including phenoxy) is 2. The Morgan fingerprint density at radius 3 is 2.68 bits per heavy atom. The van der Waals surface area contributed by atoms with Crippen LogP contribution in [-0.4, -0.2) is 49.1 Å². The standard InChI is InChI=1S/C20H28N2O3/c1-15-18(16(2)25-21-15)14-22-10-9-20(24-12-11-23-3)19(22)13-17-7-5-4-6-8-17/h4-8,19-20H,9-14H2,1-3H3/t19-,20+/m0/s1. The number of rotatable bonds is 8. The molecule has 1 fully saturated rings. The summed E-state index contributed by atoms with van der Waals surface area (Å²) >= 11 is 0. The van der Waals surface area contributed by atoms with Crippen LogP contribution in [0.15, 0.2) is 34.9 Å². The molecule has 5 heteroatoms. The van der Waals surface area contributed by atoms with E-state index in [1.807, 2.05) is 13.8 Å². The van der Waals surface area contributed by atoms with Gasteiger partial charge in [-0.15, -0.1) is 0 Å². The lowest BCUT2D eigenvalue weighted by Gasteiger charge is -2.28. The average molecular weight is 344 g/mol. The maximum atomic E-state index is 6.13. The molecule has 25 heavy (non-hydrogen) atoms. The van der Waals surface area contributed by atoms with Crippen molar-refractivity contribution in [3.63, 3.8) is 0 Å². The van der Waals surface area contributed by atoms with Crippen molar-refractivity contribution in [1.82, 2.24) is 10.1 Å². The first-order chi connectivity index (χ1) is 12.2. The van der Waals surface area contributed by atoms with E-state index in [1.165, 1.54) is 11.1 Å². The molecular formula is C20H28N2O3. The third-order valence-electron chi connectivity index (χ3n) is 5.05. The molecule has 0 radical (unpaired) electrons. The molecule has 1 aromatic heterocycles. The van der Waals surface area contributed by atoms with Gasteiger partial charge in [-0.05, 0) is 32.3 Å². The van der Waals surface area contributed by atoms with Gasteiger partial charge in [-0.25, -0.2) is 0 Å². The van der Waals surface area contributed by atoms with Crippen LogP contribution < -0.4 is 0 Å². The van der Waals surface area contributed by atoms with Crippen molar-refractivity contribution >= 4 is 0 Å². The summed E-state index contributed by atoms with van der Waals surface area (Å²) in [5.74, 6) is 0.916. The maximum Gasteiger partial charge on any atom is 0.138 e. The van der Waals surface area contributed by atoms with Gasteiger partial charge in [0.2, 0.25) is 0 Å². The second-order valence-electron chi connectivity index (χ2n) is 6.72. The van der Waals surface area contributed by atoms with E-state index < -0.39 is 0 Å². The smallest absolute Gasteiger partial charge is 0.138 e. The lowest BCUT2D eigenvalue weighted by atomic mass is 10.0. The van der Waals surface area contributed by atoms with Gasteiger partial charge in [0.1, 0.15) is 5.76 Å². The minimum atomic E-state index is 0.232. The summed E-state index contributed by atoms with van der Waals surface area (Å²) in [7, 11) is 1.71. The third kappa shape index (κ3) is 4.48. The summed E-state index contributed by atoms with van der Waals surface area (Å²) in [5, 5.41) is 4.10. The van der Waals surface area contributed by atoms with Crippen LogP contribution in [0.25, 0.3) is 0 Å². The summed E-state index contributed by atoms with van der Waals surface area (Å²) in [6.07, 6.45) is 2.27. The molecule has 5 nitrogen and oxygen atoms in total. The fraction of sp³-hybridized carbons (Fsp3) is 0.550. The minimum Gasteiger partial charge on any atom is -0.382 e. The van der Waals surface area contributed by atoms with Crippen molar-refractivity contribution in [3.8, 4) is 0 Å². The van der Waals surface area contributed by atoms with E-state index in [0.717, 1.165) is 37.4 Å². The summed E-state index contributed by atoms with van der Waals surface area (Å²) in [6.45, 7) is 7.18. The Hall–Kier alpha value is -1.69. The van der Waals surface area contributed by atoms with Crippen LogP contribution in [0.3, 0.4) is 0 Å².